The smallest absolute Gasteiger partial charge is 0.137 e. The molecule has 1 aromatic carbocycles. The van der Waals surface area contributed by atoms with Crippen LogP contribution in [0.15, 0.2) is 12.1 Å². The Hall–Kier alpha value is -0.840. The predicted molar refractivity (Wildman–Crippen MR) is 61.2 cm³/mol. The van der Waals surface area contributed by atoms with Crippen LogP contribution in [0.2, 0.25) is 5.02 Å². The van der Waals surface area contributed by atoms with Crippen molar-refractivity contribution >= 4 is 11.6 Å². The first-order chi connectivity index (χ1) is 7.66. The van der Waals surface area contributed by atoms with Crippen molar-refractivity contribution in [2.45, 2.75) is 6.54 Å². The number of hydrogen-bond acceptors (Lipinski definition) is 3. The second-order valence-electron chi connectivity index (χ2n) is 3.92. The van der Waals surface area contributed by atoms with E-state index >= 15 is 0 Å². The van der Waals surface area contributed by atoms with E-state index in [-0.39, 0.29) is 10.8 Å². The van der Waals surface area contributed by atoms with Crippen LogP contribution in [0.3, 0.4) is 0 Å². The zero-order chi connectivity index (χ0) is 11.5. The summed E-state index contributed by atoms with van der Waals surface area (Å²) in [7, 11) is 0. The van der Waals surface area contributed by atoms with Crippen molar-refractivity contribution in [2.75, 3.05) is 26.2 Å². The Morgan fingerprint density at radius 1 is 1.38 bits per heavy atom. The highest BCUT2D eigenvalue weighted by molar-refractivity contribution is 6.32. The van der Waals surface area contributed by atoms with Gasteiger partial charge in [0.1, 0.15) is 11.6 Å². The van der Waals surface area contributed by atoms with E-state index in [4.69, 9.17) is 11.6 Å². The minimum Gasteiger partial charge on any atom is -0.506 e. The van der Waals surface area contributed by atoms with Crippen molar-refractivity contribution in [3.8, 4) is 5.75 Å². The summed E-state index contributed by atoms with van der Waals surface area (Å²) in [4.78, 5) is 2.16. The molecule has 1 aliphatic heterocycles. The number of rotatable bonds is 2. The predicted octanol–water partition coefficient (Wildman–Crippen LogP) is 1.59. The van der Waals surface area contributed by atoms with Gasteiger partial charge in [-0.2, -0.15) is 0 Å². The number of hydrogen-bond donors (Lipinski definition) is 2. The Morgan fingerprint density at radius 3 is 2.75 bits per heavy atom. The second kappa shape index (κ2) is 4.99. The monoisotopic (exact) mass is 244 g/mol. The largest absolute Gasteiger partial charge is 0.506 e. The maximum atomic E-state index is 13.5. The zero-order valence-electron chi connectivity index (χ0n) is 8.84. The maximum absolute atomic E-state index is 13.5. The Kier molecular flexibility index (Phi) is 3.63. The molecule has 3 nitrogen and oxygen atoms in total. The van der Waals surface area contributed by atoms with Gasteiger partial charge in [0, 0.05) is 44.4 Å². The Labute approximate surface area is 98.8 Å². The van der Waals surface area contributed by atoms with E-state index in [1.165, 1.54) is 6.07 Å². The molecule has 0 spiro atoms. The first kappa shape index (κ1) is 11.6. The maximum Gasteiger partial charge on any atom is 0.137 e. The molecule has 1 saturated heterocycles. The number of phenolic OH excluding ortho intramolecular Hbond substituents is 1. The number of halogens is 2. The molecule has 0 saturated carbocycles. The molecule has 0 unspecified atom stereocenters. The second-order valence-corrected chi connectivity index (χ2v) is 4.33. The van der Waals surface area contributed by atoms with Crippen LogP contribution in [0, 0.1) is 5.82 Å². The summed E-state index contributed by atoms with van der Waals surface area (Å²) in [6.45, 7) is 4.18. The van der Waals surface area contributed by atoms with E-state index in [2.05, 4.69) is 10.2 Å². The van der Waals surface area contributed by atoms with Gasteiger partial charge < -0.3 is 10.4 Å². The molecule has 0 bridgehead atoms. The van der Waals surface area contributed by atoms with E-state index < -0.39 is 5.82 Å². The van der Waals surface area contributed by atoms with Crippen LogP contribution in [-0.4, -0.2) is 36.2 Å². The van der Waals surface area contributed by atoms with Gasteiger partial charge in [0.25, 0.3) is 0 Å². The van der Waals surface area contributed by atoms with Crippen LogP contribution in [0.1, 0.15) is 5.56 Å². The lowest BCUT2D eigenvalue weighted by atomic mass is 10.1. The summed E-state index contributed by atoms with van der Waals surface area (Å²) < 4.78 is 13.5. The van der Waals surface area contributed by atoms with Crippen molar-refractivity contribution in [3.05, 3.63) is 28.5 Å². The van der Waals surface area contributed by atoms with Crippen LogP contribution < -0.4 is 5.32 Å². The van der Waals surface area contributed by atoms with Crippen molar-refractivity contribution in [1.29, 1.82) is 0 Å². The highest BCUT2D eigenvalue weighted by Gasteiger charge is 2.14. The lowest BCUT2D eigenvalue weighted by Crippen LogP contribution is -2.43. The molecule has 1 heterocycles. The third-order valence-electron chi connectivity index (χ3n) is 2.72. The van der Waals surface area contributed by atoms with Gasteiger partial charge in [-0.15, -0.1) is 0 Å². The number of piperazine rings is 1. The molecule has 16 heavy (non-hydrogen) atoms. The number of nitrogens with zero attached hydrogens (tertiary/aromatic N) is 1. The molecule has 0 aromatic heterocycles. The van der Waals surface area contributed by atoms with Crippen LogP contribution in [0.4, 0.5) is 4.39 Å². The molecule has 88 valence electrons. The van der Waals surface area contributed by atoms with Crippen LogP contribution >= 0.6 is 11.6 Å². The zero-order valence-corrected chi connectivity index (χ0v) is 9.60. The Balaban J connectivity index is 2.11. The van der Waals surface area contributed by atoms with Gasteiger partial charge >= 0.3 is 0 Å². The fourth-order valence-electron chi connectivity index (χ4n) is 1.81. The lowest BCUT2D eigenvalue weighted by Gasteiger charge is -2.27. The fourth-order valence-corrected chi connectivity index (χ4v) is 2.00. The Bertz CT molecular complexity index is 380. The van der Waals surface area contributed by atoms with Gasteiger partial charge in [-0.1, -0.05) is 11.6 Å². The van der Waals surface area contributed by atoms with E-state index in [9.17, 15) is 9.50 Å². The van der Waals surface area contributed by atoms with Crippen molar-refractivity contribution in [2.24, 2.45) is 0 Å². The molecule has 1 aliphatic rings. The van der Waals surface area contributed by atoms with Gasteiger partial charge in [-0.3, -0.25) is 4.90 Å². The summed E-state index contributed by atoms with van der Waals surface area (Å²) in [5.74, 6) is -0.608. The normalized spacial score (nSPS) is 17.6. The third kappa shape index (κ3) is 2.64. The third-order valence-corrected chi connectivity index (χ3v) is 3.02. The molecule has 0 radical (unpaired) electrons. The molecule has 0 aliphatic carbocycles. The molecule has 1 fully saturated rings. The molecule has 0 atom stereocenters. The van der Waals surface area contributed by atoms with Gasteiger partial charge in [0.05, 0.1) is 5.02 Å². The number of nitrogens with one attached hydrogen (secondary N) is 1. The minimum atomic E-state index is -0.402. The fraction of sp³-hybridized carbons (Fsp3) is 0.455. The standard InChI is InChI=1S/C11H14ClFN2O/c12-9-5-8(10(13)6-11(9)16)7-15-3-1-14-2-4-15/h5-6,14,16H,1-4,7H2. The van der Waals surface area contributed by atoms with Crippen LogP contribution in [-0.2, 0) is 6.54 Å². The molecule has 1 aromatic rings. The van der Waals surface area contributed by atoms with Gasteiger partial charge in [-0.25, -0.2) is 4.39 Å². The van der Waals surface area contributed by atoms with Crippen LogP contribution in [0.25, 0.3) is 0 Å². The summed E-state index contributed by atoms with van der Waals surface area (Å²) in [6, 6.07) is 2.56. The summed E-state index contributed by atoms with van der Waals surface area (Å²) >= 11 is 5.76. The Morgan fingerprint density at radius 2 is 2.06 bits per heavy atom. The average Bonchev–Trinajstić information content (AvgIpc) is 2.27. The number of benzene rings is 1. The molecule has 2 N–H and O–H groups in total. The van der Waals surface area contributed by atoms with E-state index in [0.717, 1.165) is 32.2 Å². The van der Waals surface area contributed by atoms with Gasteiger partial charge in [0.2, 0.25) is 0 Å². The lowest BCUT2D eigenvalue weighted by molar-refractivity contribution is 0.230. The molecule has 5 heteroatoms. The SMILES string of the molecule is Oc1cc(F)c(CN2CCNCC2)cc1Cl. The number of phenols is 1. The van der Waals surface area contributed by atoms with Crippen molar-refractivity contribution in [1.82, 2.24) is 10.2 Å². The van der Waals surface area contributed by atoms with E-state index in [1.54, 1.807) is 0 Å². The summed E-state index contributed by atoms with van der Waals surface area (Å²) in [5, 5.41) is 12.7. The molecular formula is C11H14ClFN2O. The summed E-state index contributed by atoms with van der Waals surface area (Å²) in [5.41, 5.74) is 0.532. The quantitative estimate of drug-likeness (QED) is 0.830. The van der Waals surface area contributed by atoms with Crippen molar-refractivity contribution in [3.63, 3.8) is 0 Å². The van der Waals surface area contributed by atoms with E-state index in [1.807, 2.05) is 0 Å². The highest BCUT2D eigenvalue weighted by atomic mass is 35.5. The van der Waals surface area contributed by atoms with Crippen LogP contribution in [0.5, 0.6) is 5.75 Å². The average molecular weight is 245 g/mol. The highest BCUT2D eigenvalue weighted by Crippen LogP contribution is 2.26. The van der Waals surface area contributed by atoms with E-state index in [0.29, 0.717) is 12.1 Å². The first-order valence-corrected chi connectivity index (χ1v) is 5.64. The number of aromatic hydroxyl groups is 1. The van der Waals surface area contributed by atoms with Gasteiger partial charge in [-0.05, 0) is 6.07 Å². The molecule has 0 amide bonds. The topological polar surface area (TPSA) is 35.5 Å². The first-order valence-electron chi connectivity index (χ1n) is 5.27. The minimum absolute atomic E-state index is 0.200. The summed E-state index contributed by atoms with van der Waals surface area (Å²) in [6.07, 6.45) is 0. The van der Waals surface area contributed by atoms with Gasteiger partial charge in [0.15, 0.2) is 0 Å². The molecule has 2 rings (SSSR count). The van der Waals surface area contributed by atoms with Crippen molar-refractivity contribution < 1.29 is 9.50 Å². The molecular weight excluding hydrogens is 231 g/mol.